The first kappa shape index (κ1) is 23.8. The quantitative estimate of drug-likeness (QED) is 0.295. The van der Waals surface area contributed by atoms with E-state index in [0.29, 0.717) is 0 Å². The van der Waals surface area contributed by atoms with E-state index in [1.54, 1.807) is 32.0 Å². The number of anilines is 1. The van der Waals surface area contributed by atoms with E-state index in [0.717, 1.165) is 12.1 Å². The zero-order valence-electron chi connectivity index (χ0n) is 15.6. The molecule has 11 heteroatoms. The molecule has 0 unspecified atom stereocenters. The molecule has 0 spiro atoms. The Kier molecular flexibility index (Phi) is 7.91. The molecule has 0 saturated carbocycles. The Hall–Kier alpha value is -2.52. The van der Waals surface area contributed by atoms with Crippen LogP contribution in [-0.4, -0.2) is 30.6 Å². The Labute approximate surface area is 179 Å². The summed E-state index contributed by atoms with van der Waals surface area (Å²) in [7, 11) is 0. The van der Waals surface area contributed by atoms with Gasteiger partial charge in [0.05, 0.1) is 21.7 Å². The number of halogens is 6. The molecule has 2 aromatic rings. The fourth-order valence-electron chi connectivity index (χ4n) is 2.12. The highest BCUT2D eigenvalue weighted by Crippen LogP contribution is 2.29. The number of nitrogens with zero attached hydrogens (tertiary/aromatic N) is 1. The van der Waals surface area contributed by atoms with E-state index < -0.39 is 24.3 Å². The monoisotopic (exact) mass is 466 g/mol. The normalized spacial score (nSPS) is 12.3. The summed E-state index contributed by atoms with van der Waals surface area (Å²) in [6, 6.07) is 8.18. The summed E-state index contributed by atoms with van der Waals surface area (Å²) in [5.41, 5.74) is 0.369. The molecule has 0 heterocycles. The number of ether oxygens (including phenoxy) is 2. The van der Waals surface area contributed by atoms with E-state index in [2.05, 4.69) is 15.0 Å². The zero-order valence-corrected chi connectivity index (χ0v) is 17.1. The van der Waals surface area contributed by atoms with Crippen molar-refractivity contribution in [2.24, 2.45) is 4.99 Å². The lowest BCUT2D eigenvalue weighted by Crippen LogP contribution is -2.33. The van der Waals surface area contributed by atoms with Crippen molar-refractivity contribution in [2.45, 2.75) is 32.5 Å². The Bertz CT molecular complexity index is 902. The molecule has 1 N–H and O–H groups in total. The first-order chi connectivity index (χ1) is 14.0. The Balaban J connectivity index is 2.19. The second kappa shape index (κ2) is 9.99. The maximum atomic E-state index is 12.9. The number of carbonyl (C=O) groups excluding carboxylic acids is 1. The molecular formula is C19H16Cl2F4N2O3. The van der Waals surface area contributed by atoms with Gasteiger partial charge in [-0.1, -0.05) is 29.3 Å². The van der Waals surface area contributed by atoms with Crippen molar-refractivity contribution in [1.82, 2.24) is 0 Å². The molecule has 0 bridgehead atoms. The van der Waals surface area contributed by atoms with E-state index >= 15 is 0 Å². The third-order valence-electron chi connectivity index (χ3n) is 3.34. The molecule has 0 atom stereocenters. The molecule has 0 aliphatic heterocycles. The van der Waals surface area contributed by atoms with Crippen LogP contribution in [0.3, 0.4) is 0 Å². The summed E-state index contributed by atoms with van der Waals surface area (Å²) in [6.07, 6.45) is -8.97. The Morgan fingerprint density at radius 3 is 2.13 bits per heavy atom. The van der Waals surface area contributed by atoms with Crippen molar-refractivity contribution in [1.29, 1.82) is 0 Å². The highest BCUT2D eigenvalue weighted by atomic mass is 35.5. The molecule has 2 rings (SSSR count). The average molecular weight is 467 g/mol. The molecule has 0 radical (unpaired) electrons. The third-order valence-corrected chi connectivity index (χ3v) is 3.97. The van der Waals surface area contributed by atoms with E-state index in [9.17, 15) is 22.4 Å². The first-order valence-corrected chi connectivity index (χ1v) is 9.21. The predicted octanol–water partition coefficient (Wildman–Crippen LogP) is 6.63. The predicted molar refractivity (Wildman–Crippen MR) is 106 cm³/mol. The second-order valence-electron chi connectivity index (χ2n) is 6.10. The number of carbonyl (C=O) groups is 1. The molecule has 2 amide bonds. The molecule has 0 saturated heterocycles. The molecule has 0 aliphatic rings. The van der Waals surface area contributed by atoms with Crippen LogP contribution in [0.4, 0.5) is 28.0 Å². The summed E-state index contributed by atoms with van der Waals surface area (Å²) in [5, 5.41) is 2.82. The second-order valence-corrected chi connectivity index (χ2v) is 6.91. The molecule has 2 aromatic carbocycles. The van der Waals surface area contributed by atoms with Gasteiger partial charge in [0, 0.05) is 5.69 Å². The largest absolute Gasteiger partial charge is 0.474 e. The minimum absolute atomic E-state index is 0.116. The third kappa shape index (κ3) is 6.50. The topological polar surface area (TPSA) is 59.9 Å². The number of rotatable bonds is 6. The highest BCUT2D eigenvalue weighted by Gasteiger charge is 2.43. The van der Waals surface area contributed by atoms with Crippen molar-refractivity contribution in [3.05, 3.63) is 58.1 Å². The molecule has 0 aliphatic carbocycles. The van der Waals surface area contributed by atoms with Gasteiger partial charge in [-0.05, 0) is 50.2 Å². The fourth-order valence-corrected chi connectivity index (χ4v) is 2.68. The van der Waals surface area contributed by atoms with Gasteiger partial charge in [-0.2, -0.15) is 22.6 Å². The maximum absolute atomic E-state index is 12.9. The lowest BCUT2D eigenvalue weighted by Gasteiger charge is -2.17. The van der Waals surface area contributed by atoms with Gasteiger partial charge in [0.25, 0.3) is 0 Å². The number of nitrogens with one attached hydrogen (secondary N) is 1. The summed E-state index contributed by atoms with van der Waals surface area (Å²) < 4.78 is 59.7. The molecular weight excluding hydrogens is 451 g/mol. The summed E-state index contributed by atoms with van der Waals surface area (Å²) in [6.45, 7) is 3.43. The molecule has 30 heavy (non-hydrogen) atoms. The van der Waals surface area contributed by atoms with Gasteiger partial charge in [-0.25, -0.2) is 4.79 Å². The van der Waals surface area contributed by atoms with Gasteiger partial charge in [-0.15, -0.1) is 0 Å². The van der Waals surface area contributed by atoms with E-state index in [1.165, 1.54) is 12.1 Å². The number of alkyl halides is 4. The average Bonchev–Trinajstić information content (AvgIpc) is 2.62. The lowest BCUT2D eigenvalue weighted by atomic mass is 10.2. The zero-order chi connectivity index (χ0) is 22.5. The number of amides is 2. The highest BCUT2D eigenvalue weighted by molar-refractivity contribution is 6.40. The summed E-state index contributed by atoms with van der Waals surface area (Å²) in [4.78, 5) is 16.1. The van der Waals surface area contributed by atoms with Crippen molar-refractivity contribution in [2.75, 3.05) is 5.32 Å². The number of urea groups is 1. The molecule has 0 fully saturated rings. The standard InChI is InChI=1S/C19H16Cl2F4N2O3/c1-10(2)29-16(15-13(20)4-3-5-14(15)21)27-18(28)26-11-6-8-12(9-7-11)30-19(24,25)17(22)23/h3-10,17H,1-2H3,(H,26,28)/b27-16-. The van der Waals surface area contributed by atoms with Crippen LogP contribution in [-0.2, 0) is 4.74 Å². The SMILES string of the molecule is CC(C)O/C(=N\C(=O)Nc1ccc(OC(F)(F)C(F)F)cc1)c1c(Cl)cccc1Cl. The number of hydrogen-bond donors (Lipinski definition) is 1. The van der Waals surface area contributed by atoms with Gasteiger partial charge in [0.1, 0.15) is 5.75 Å². The Morgan fingerprint density at radius 2 is 1.63 bits per heavy atom. The molecule has 5 nitrogen and oxygen atoms in total. The van der Waals surface area contributed by atoms with Crippen LogP contribution in [0.1, 0.15) is 19.4 Å². The number of aliphatic imine (C=N–C) groups is 1. The fraction of sp³-hybridized carbons (Fsp3) is 0.263. The van der Waals surface area contributed by atoms with Gasteiger partial charge in [0.15, 0.2) is 0 Å². The van der Waals surface area contributed by atoms with Crippen molar-refractivity contribution in [3.8, 4) is 5.75 Å². The van der Waals surface area contributed by atoms with Crippen molar-refractivity contribution in [3.63, 3.8) is 0 Å². The summed E-state index contributed by atoms with van der Waals surface area (Å²) in [5.74, 6) is -0.622. The van der Waals surface area contributed by atoms with E-state index in [1.807, 2.05) is 0 Å². The minimum atomic E-state index is -4.63. The van der Waals surface area contributed by atoms with Gasteiger partial charge in [0.2, 0.25) is 5.90 Å². The van der Waals surface area contributed by atoms with Crippen LogP contribution < -0.4 is 10.1 Å². The van der Waals surface area contributed by atoms with Gasteiger partial charge >= 0.3 is 18.6 Å². The van der Waals surface area contributed by atoms with Crippen LogP contribution in [0.2, 0.25) is 10.0 Å². The number of benzene rings is 2. The molecule has 162 valence electrons. The van der Waals surface area contributed by atoms with E-state index in [4.69, 9.17) is 27.9 Å². The van der Waals surface area contributed by atoms with Gasteiger partial charge in [-0.3, -0.25) is 0 Å². The maximum Gasteiger partial charge on any atom is 0.461 e. The molecule has 0 aromatic heterocycles. The smallest absolute Gasteiger partial charge is 0.461 e. The van der Waals surface area contributed by atoms with Crippen LogP contribution in [0, 0.1) is 0 Å². The van der Waals surface area contributed by atoms with Crippen LogP contribution >= 0.6 is 23.2 Å². The van der Waals surface area contributed by atoms with Crippen molar-refractivity contribution >= 4 is 40.8 Å². The Morgan fingerprint density at radius 1 is 1.07 bits per heavy atom. The minimum Gasteiger partial charge on any atom is -0.474 e. The number of hydrogen-bond acceptors (Lipinski definition) is 3. The first-order valence-electron chi connectivity index (χ1n) is 8.45. The van der Waals surface area contributed by atoms with Crippen LogP contribution in [0.15, 0.2) is 47.5 Å². The lowest BCUT2D eigenvalue weighted by molar-refractivity contribution is -0.253. The van der Waals surface area contributed by atoms with E-state index in [-0.39, 0.29) is 33.3 Å². The van der Waals surface area contributed by atoms with Crippen LogP contribution in [0.25, 0.3) is 0 Å². The van der Waals surface area contributed by atoms with Gasteiger partial charge < -0.3 is 14.8 Å². The summed E-state index contributed by atoms with van der Waals surface area (Å²) >= 11 is 12.3. The van der Waals surface area contributed by atoms with Crippen LogP contribution in [0.5, 0.6) is 5.75 Å². The van der Waals surface area contributed by atoms with Crippen molar-refractivity contribution < 1.29 is 31.8 Å².